The van der Waals surface area contributed by atoms with Crippen LogP contribution in [0.15, 0.2) is 65.3 Å². The standard InChI is InChI=1S/C20H13NO3S2/c22-18(23)11-25-20-21-17(19(24)26-20)10-16-14-7-3-1-5-12(14)9-13-6-2-4-8-15(13)16/h1-10H,11H2,(H,22,23). The molecule has 0 aliphatic carbocycles. The molecular weight excluding hydrogens is 366 g/mol. The van der Waals surface area contributed by atoms with Crippen LogP contribution in [0.5, 0.6) is 0 Å². The summed E-state index contributed by atoms with van der Waals surface area (Å²) in [7, 11) is 0. The molecule has 4 nitrogen and oxygen atoms in total. The van der Waals surface area contributed by atoms with Gasteiger partial charge in [-0.05, 0) is 51.0 Å². The van der Waals surface area contributed by atoms with Crippen molar-refractivity contribution in [3.05, 3.63) is 65.9 Å². The van der Waals surface area contributed by atoms with Gasteiger partial charge in [-0.25, -0.2) is 4.99 Å². The smallest absolute Gasteiger partial charge is 0.313 e. The summed E-state index contributed by atoms with van der Waals surface area (Å²) in [5, 5.41) is 12.9. The summed E-state index contributed by atoms with van der Waals surface area (Å²) in [6.07, 6.45) is 1.81. The van der Waals surface area contributed by atoms with E-state index in [1.807, 2.05) is 54.6 Å². The number of fused-ring (bicyclic) bond motifs is 2. The van der Waals surface area contributed by atoms with Crippen molar-refractivity contribution in [3.63, 3.8) is 0 Å². The fourth-order valence-electron chi connectivity index (χ4n) is 2.92. The molecule has 1 N–H and O–H groups in total. The Morgan fingerprint density at radius 2 is 1.69 bits per heavy atom. The minimum Gasteiger partial charge on any atom is -0.481 e. The minimum absolute atomic E-state index is 0.108. The monoisotopic (exact) mass is 379 g/mol. The van der Waals surface area contributed by atoms with Gasteiger partial charge in [-0.3, -0.25) is 9.59 Å². The molecule has 6 heteroatoms. The number of thioether (sulfide) groups is 2. The van der Waals surface area contributed by atoms with Crippen LogP contribution >= 0.6 is 23.5 Å². The highest BCUT2D eigenvalue weighted by atomic mass is 32.2. The Labute approximate surface area is 158 Å². The van der Waals surface area contributed by atoms with Crippen molar-refractivity contribution in [2.24, 2.45) is 4.99 Å². The molecule has 128 valence electrons. The van der Waals surface area contributed by atoms with E-state index < -0.39 is 5.97 Å². The summed E-state index contributed by atoms with van der Waals surface area (Å²) in [5.74, 6) is -1.04. The predicted octanol–water partition coefficient (Wildman–Crippen LogP) is 4.78. The Bertz CT molecular complexity index is 1060. The molecule has 4 rings (SSSR count). The van der Waals surface area contributed by atoms with Gasteiger partial charge in [0.1, 0.15) is 10.1 Å². The summed E-state index contributed by atoms with van der Waals surface area (Å²) in [6.45, 7) is 0. The molecule has 3 aromatic carbocycles. The molecule has 1 aliphatic rings. The number of carboxylic acid groups (broad SMARTS) is 1. The first-order chi connectivity index (χ1) is 12.6. The Hall–Kier alpha value is -2.57. The van der Waals surface area contributed by atoms with Crippen LogP contribution in [0.1, 0.15) is 5.56 Å². The Kier molecular flexibility index (Phi) is 4.53. The molecule has 0 saturated heterocycles. The van der Waals surface area contributed by atoms with Crippen LogP contribution in [0.25, 0.3) is 27.6 Å². The number of carbonyl (C=O) groups is 2. The van der Waals surface area contributed by atoms with Gasteiger partial charge in [-0.2, -0.15) is 0 Å². The van der Waals surface area contributed by atoms with Gasteiger partial charge < -0.3 is 5.11 Å². The Morgan fingerprint density at radius 3 is 2.31 bits per heavy atom. The molecule has 0 fully saturated rings. The number of hydrogen-bond donors (Lipinski definition) is 1. The van der Waals surface area contributed by atoms with Gasteiger partial charge in [-0.1, -0.05) is 60.3 Å². The number of rotatable bonds is 3. The summed E-state index contributed by atoms with van der Waals surface area (Å²) in [5.41, 5.74) is 1.31. The summed E-state index contributed by atoms with van der Waals surface area (Å²) in [6, 6.07) is 18.2. The molecular formula is C20H13NO3S2. The summed E-state index contributed by atoms with van der Waals surface area (Å²) < 4.78 is 0.480. The molecule has 0 spiro atoms. The third-order valence-corrected chi connectivity index (χ3v) is 6.01. The Balaban J connectivity index is 1.86. The second-order valence-electron chi connectivity index (χ2n) is 5.71. The molecule has 0 aromatic heterocycles. The normalized spacial score (nSPS) is 15.8. The number of hydrogen-bond acceptors (Lipinski definition) is 5. The summed E-state index contributed by atoms with van der Waals surface area (Å²) >= 11 is 2.06. The van der Waals surface area contributed by atoms with Crippen molar-refractivity contribution in [1.29, 1.82) is 0 Å². The SMILES string of the molecule is O=C(O)CSC1=NC(=Cc2c3ccccc3cc3ccccc23)C(=O)S1. The van der Waals surface area contributed by atoms with Crippen molar-refractivity contribution in [2.75, 3.05) is 5.75 Å². The molecule has 0 atom stereocenters. The van der Waals surface area contributed by atoms with E-state index in [2.05, 4.69) is 11.1 Å². The molecule has 0 unspecified atom stereocenters. The van der Waals surface area contributed by atoms with E-state index in [1.165, 1.54) is 0 Å². The molecule has 0 bridgehead atoms. The number of benzene rings is 3. The maximum atomic E-state index is 12.3. The topological polar surface area (TPSA) is 66.7 Å². The van der Waals surface area contributed by atoms with Crippen LogP contribution in [-0.2, 0) is 9.59 Å². The average molecular weight is 379 g/mol. The first kappa shape index (κ1) is 16.9. The Morgan fingerprint density at radius 1 is 1.08 bits per heavy atom. The van der Waals surface area contributed by atoms with Gasteiger partial charge in [0, 0.05) is 0 Å². The zero-order chi connectivity index (χ0) is 18.1. The van der Waals surface area contributed by atoms with Gasteiger partial charge in [0.2, 0.25) is 5.12 Å². The van der Waals surface area contributed by atoms with Gasteiger partial charge >= 0.3 is 5.97 Å². The van der Waals surface area contributed by atoms with E-state index in [1.54, 1.807) is 0 Å². The number of aliphatic carboxylic acids is 1. The summed E-state index contributed by atoms with van der Waals surface area (Å²) in [4.78, 5) is 27.4. The van der Waals surface area contributed by atoms with E-state index in [-0.39, 0.29) is 10.9 Å². The van der Waals surface area contributed by atoms with Crippen molar-refractivity contribution in [1.82, 2.24) is 0 Å². The average Bonchev–Trinajstić information content (AvgIpc) is 2.99. The highest BCUT2D eigenvalue weighted by Crippen LogP contribution is 2.34. The van der Waals surface area contributed by atoms with Crippen LogP contribution in [0, 0.1) is 0 Å². The lowest BCUT2D eigenvalue weighted by atomic mass is 9.96. The maximum absolute atomic E-state index is 12.3. The van der Waals surface area contributed by atoms with Crippen LogP contribution in [-0.4, -0.2) is 26.3 Å². The lowest BCUT2D eigenvalue weighted by molar-refractivity contribution is -0.133. The highest BCUT2D eigenvalue weighted by molar-refractivity contribution is 8.45. The second kappa shape index (κ2) is 6.97. The molecule has 1 heterocycles. The number of aliphatic imine (C=N–C) groups is 1. The van der Waals surface area contributed by atoms with E-state index in [0.29, 0.717) is 10.1 Å². The van der Waals surface area contributed by atoms with Crippen LogP contribution in [0.2, 0.25) is 0 Å². The van der Waals surface area contributed by atoms with Crippen molar-refractivity contribution in [3.8, 4) is 0 Å². The van der Waals surface area contributed by atoms with Crippen molar-refractivity contribution in [2.45, 2.75) is 0 Å². The molecule has 0 radical (unpaired) electrons. The highest BCUT2D eigenvalue weighted by Gasteiger charge is 2.23. The largest absolute Gasteiger partial charge is 0.481 e. The molecule has 0 amide bonds. The maximum Gasteiger partial charge on any atom is 0.313 e. The van der Waals surface area contributed by atoms with E-state index in [0.717, 1.165) is 50.6 Å². The third-order valence-electron chi connectivity index (χ3n) is 4.01. The van der Waals surface area contributed by atoms with E-state index in [4.69, 9.17) is 5.11 Å². The molecule has 3 aromatic rings. The predicted molar refractivity (Wildman–Crippen MR) is 110 cm³/mol. The third kappa shape index (κ3) is 3.25. The van der Waals surface area contributed by atoms with Crippen LogP contribution < -0.4 is 0 Å². The minimum atomic E-state index is -0.928. The van der Waals surface area contributed by atoms with E-state index in [9.17, 15) is 9.59 Å². The van der Waals surface area contributed by atoms with Crippen LogP contribution in [0.4, 0.5) is 0 Å². The van der Waals surface area contributed by atoms with Crippen LogP contribution in [0.3, 0.4) is 0 Å². The lowest BCUT2D eigenvalue weighted by Gasteiger charge is -2.08. The zero-order valence-electron chi connectivity index (χ0n) is 13.5. The molecule has 26 heavy (non-hydrogen) atoms. The van der Waals surface area contributed by atoms with Gasteiger partial charge in [0.05, 0.1) is 5.75 Å². The number of nitrogens with zero attached hydrogens (tertiary/aromatic N) is 1. The van der Waals surface area contributed by atoms with Crippen molar-refractivity contribution < 1.29 is 14.7 Å². The first-order valence-electron chi connectivity index (χ1n) is 7.89. The van der Waals surface area contributed by atoms with Crippen molar-refractivity contribution >= 4 is 66.6 Å². The number of carbonyl (C=O) groups excluding carboxylic acids is 1. The van der Waals surface area contributed by atoms with Gasteiger partial charge in [0.15, 0.2) is 0 Å². The number of carboxylic acids is 1. The first-order valence-corrected chi connectivity index (χ1v) is 9.70. The second-order valence-corrected chi connectivity index (χ2v) is 7.90. The van der Waals surface area contributed by atoms with E-state index >= 15 is 0 Å². The fraction of sp³-hybridized carbons (Fsp3) is 0.0500. The quantitative estimate of drug-likeness (QED) is 0.524. The van der Waals surface area contributed by atoms with Gasteiger partial charge in [-0.15, -0.1) is 0 Å². The molecule has 1 aliphatic heterocycles. The molecule has 0 saturated carbocycles. The van der Waals surface area contributed by atoms with Gasteiger partial charge in [0.25, 0.3) is 0 Å². The lowest BCUT2D eigenvalue weighted by Crippen LogP contribution is -1.99. The fourth-order valence-corrected chi connectivity index (χ4v) is 4.48. The zero-order valence-corrected chi connectivity index (χ0v) is 15.1.